The first-order valence-electron chi connectivity index (χ1n) is 10.5. The van der Waals surface area contributed by atoms with Gasteiger partial charge >= 0.3 is 0 Å². The Hall–Kier alpha value is -3.64. The third kappa shape index (κ3) is 5.53. The summed E-state index contributed by atoms with van der Waals surface area (Å²) in [5.41, 5.74) is 3.81. The number of nitrogens with one attached hydrogen (secondary N) is 2. The van der Waals surface area contributed by atoms with Crippen molar-refractivity contribution in [3.63, 3.8) is 0 Å². The summed E-state index contributed by atoms with van der Waals surface area (Å²) >= 11 is 5.29. The largest absolute Gasteiger partial charge is 0.489 e. The van der Waals surface area contributed by atoms with Gasteiger partial charge in [0, 0.05) is 17.1 Å². The third-order valence-corrected chi connectivity index (χ3v) is 5.14. The molecule has 3 aromatic carbocycles. The van der Waals surface area contributed by atoms with Crippen LogP contribution in [-0.4, -0.2) is 11.0 Å². The second kappa shape index (κ2) is 10.1. The molecule has 0 saturated heterocycles. The molecular weight excluding hydrogens is 420 g/mol. The van der Waals surface area contributed by atoms with Crippen molar-refractivity contribution in [3.05, 3.63) is 95.7 Å². The molecule has 0 aliphatic carbocycles. The molecule has 0 aliphatic heterocycles. The lowest BCUT2D eigenvalue weighted by molar-refractivity contribution is 0.0953. The highest BCUT2D eigenvalue weighted by molar-refractivity contribution is 7.80. The topological polar surface area (TPSA) is 63.5 Å². The second-order valence-electron chi connectivity index (χ2n) is 7.44. The van der Waals surface area contributed by atoms with E-state index in [2.05, 4.69) is 41.8 Å². The molecule has 0 aliphatic rings. The van der Waals surface area contributed by atoms with Gasteiger partial charge in [0.05, 0.1) is 0 Å². The lowest BCUT2D eigenvalue weighted by atomic mass is 10.1. The zero-order chi connectivity index (χ0) is 22.3. The minimum atomic E-state index is -0.405. The summed E-state index contributed by atoms with van der Waals surface area (Å²) in [7, 11) is 0. The number of fused-ring (bicyclic) bond motifs is 1. The van der Waals surface area contributed by atoms with Crippen LogP contribution in [-0.2, 0) is 13.0 Å². The van der Waals surface area contributed by atoms with Crippen molar-refractivity contribution < 1.29 is 13.9 Å². The van der Waals surface area contributed by atoms with Gasteiger partial charge in [0.25, 0.3) is 5.91 Å². The quantitative estimate of drug-likeness (QED) is 0.338. The fourth-order valence-corrected chi connectivity index (χ4v) is 3.55. The van der Waals surface area contributed by atoms with Gasteiger partial charge in [-0.2, -0.15) is 0 Å². The number of furan rings is 1. The number of ether oxygens (including phenoxy) is 1. The predicted molar refractivity (Wildman–Crippen MR) is 131 cm³/mol. The molecule has 1 aromatic heterocycles. The van der Waals surface area contributed by atoms with Crippen molar-refractivity contribution >= 4 is 39.9 Å². The second-order valence-corrected chi connectivity index (χ2v) is 7.85. The van der Waals surface area contributed by atoms with E-state index in [0.29, 0.717) is 17.9 Å². The van der Waals surface area contributed by atoms with Crippen LogP contribution in [0.4, 0.5) is 5.69 Å². The van der Waals surface area contributed by atoms with Crippen LogP contribution >= 0.6 is 12.2 Å². The molecule has 4 aromatic rings. The summed E-state index contributed by atoms with van der Waals surface area (Å²) in [5.74, 6) is 0.508. The minimum absolute atomic E-state index is 0.180. The van der Waals surface area contributed by atoms with Gasteiger partial charge < -0.3 is 14.5 Å². The number of anilines is 1. The Kier molecular flexibility index (Phi) is 6.82. The van der Waals surface area contributed by atoms with Crippen molar-refractivity contribution in [1.29, 1.82) is 0 Å². The Morgan fingerprint density at radius 3 is 2.53 bits per heavy atom. The summed E-state index contributed by atoms with van der Waals surface area (Å²) < 4.78 is 11.5. The zero-order valence-corrected chi connectivity index (χ0v) is 18.6. The van der Waals surface area contributed by atoms with E-state index >= 15 is 0 Å². The third-order valence-electron chi connectivity index (χ3n) is 4.94. The molecule has 5 nitrogen and oxygen atoms in total. The van der Waals surface area contributed by atoms with E-state index in [9.17, 15) is 4.79 Å². The van der Waals surface area contributed by atoms with Crippen molar-refractivity contribution in [2.75, 3.05) is 5.32 Å². The summed E-state index contributed by atoms with van der Waals surface area (Å²) in [5, 5.41) is 6.70. The van der Waals surface area contributed by atoms with Crippen molar-refractivity contribution in [2.24, 2.45) is 0 Å². The molecule has 0 bridgehead atoms. The molecule has 1 heterocycles. The lowest BCUT2D eigenvalue weighted by Gasteiger charge is -2.11. The Balaban J connectivity index is 1.32. The maximum Gasteiger partial charge on any atom is 0.293 e. The maximum atomic E-state index is 12.4. The number of carbonyl (C=O) groups excluding carboxylic acids is 1. The number of hydrogen-bond acceptors (Lipinski definition) is 4. The molecule has 0 unspecified atom stereocenters. The molecule has 0 spiro atoms. The molecule has 162 valence electrons. The molecule has 0 atom stereocenters. The molecule has 0 fully saturated rings. The highest BCUT2D eigenvalue weighted by Gasteiger charge is 2.13. The molecule has 32 heavy (non-hydrogen) atoms. The Bertz CT molecular complexity index is 1200. The summed E-state index contributed by atoms with van der Waals surface area (Å²) in [4.78, 5) is 12.4. The van der Waals surface area contributed by atoms with Crippen LogP contribution in [0.2, 0.25) is 0 Å². The van der Waals surface area contributed by atoms with E-state index in [1.165, 1.54) is 5.56 Å². The molecule has 6 heteroatoms. The van der Waals surface area contributed by atoms with E-state index in [0.717, 1.165) is 29.5 Å². The molecule has 0 saturated carbocycles. The Morgan fingerprint density at radius 1 is 0.969 bits per heavy atom. The Labute approximate surface area is 192 Å². The fourth-order valence-electron chi connectivity index (χ4n) is 3.34. The maximum absolute atomic E-state index is 12.4. The number of para-hydroxylation sites is 1. The number of carbonyl (C=O) groups is 1. The van der Waals surface area contributed by atoms with E-state index < -0.39 is 5.91 Å². The summed E-state index contributed by atoms with van der Waals surface area (Å²) in [6, 6.07) is 25.0. The van der Waals surface area contributed by atoms with Crippen LogP contribution in [0, 0.1) is 0 Å². The van der Waals surface area contributed by atoms with Crippen LogP contribution in [0.1, 0.15) is 35.0 Å². The van der Waals surface area contributed by atoms with Crippen LogP contribution in [0.5, 0.6) is 5.75 Å². The van der Waals surface area contributed by atoms with Gasteiger partial charge in [0.1, 0.15) is 17.9 Å². The van der Waals surface area contributed by atoms with Gasteiger partial charge in [-0.25, -0.2) is 0 Å². The SMILES string of the molecule is CCCc1ccc(COc2cccc(NC(=S)NC(=O)c3cc4ccccc4o3)c2)cc1. The van der Waals surface area contributed by atoms with E-state index in [1.54, 1.807) is 6.07 Å². The highest BCUT2D eigenvalue weighted by atomic mass is 32.1. The van der Waals surface area contributed by atoms with Crippen LogP contribution in [0.15, 0.2) is 83.3 Å². The van der Waals surface area contributed by atoms with Gasteiger partial charge in [-0.3, -0.25) is 10.1 Å². The van der Waals surface area contributed by atoms with E-state index in [-0.39, 0.29) is 10.9 Å². The molecule has 2 N–H and O–H groups in total. The molecule has 4 rings (SSSR count). The number of thiocarbonyl (C=S) groups is 1. The van der Waals surface area contributed by atoms with Gasteiger partial charge in [-0.05, 0) is 54.0 Å². The van der Waals surface area contributed by atoms with E-state index in [1.807, 2.05) is 48.5 Å². The lowest BCUT2D eigenvalue weighted by Crippen LogP contribution is -2.33. The predicted octanol–water partition coefficient (Wildman–Crippen LogP) is 6.09. The van der Waals surface area contributed by atoms with Gasteiger partial charge in [-0.15, -0.1) is 0 Å². The van der Waals surface area contributed by atoms with Crippen molar-refractivity contribution in [2.45, 2.75) is 26.4 Å². The van der Waals surface area contributed by atoms with E-state index in [4.69, 9.17) is 21.4 Å². The standard InChI is InChI=1S/C26H24N2O3S/c1-2-6-18-11-13-19(14-12-18)17-30-22-9-5-8-21(16-22)27-26(32)28-25(29)24-15-20-7-3-4-10-23(20)31-24/h3-5,7-16H,2,6,17H2,1H3,(H2,27,28,29,32). The van der Waals surface area contributed by atoms with Crippen LogP contribution < -0.4 is 15.4 Å². The first kappa shape index (κ1) is 21.6. The van der Waals surface area contributed by atoms with Crippen molar-refractivity contribution in [1.82, 2.24) is 5.32 Å². The van der Waals surface area contributed by atoms with Crippen LogP contribution in [0.3, 0.4) is 0 Å². The zero-order valence-electron chi connectivity index (χ0n) is 17.8. The summed E-state index contributed by atoms with van der Waals surface area (Å²) in [6.45, 7) is 2.65. The smallest absolute Gasteiger partial charge is 0.293 e. The first-order chi connectivity index (χ1) is 15.6. The van der Waals surface area contributed by atoms with Gasteiger partial charge in [0.15, 0.2) is 10.9 Å². The average Bonchev–Trinajstić information content (AvgIpc) is 3.24. The van der Waals surface area contributed by atoms with Gasteiger partial charge in [-0.1, -0.05) is 61.9 Å². The number of benzene rings is 3. The molecular formula is C26H24N2O3S. The summed E-state index contributed by atoms with van der Waals surface area (Å²) in [6.07, 6.45) is 2.22. The molecule has 0 radical (unpaired) electrons. The number of hydrogen-bond donors (Lipinski definition) is 2. The number of rotatable bonds is 7. The monoisotopic (exact) mass is 444 g/mol. The number of aryl methyl sites for hydroxylation is 1. The normalized spacial score (nSPS) is 10.7. The minimum Gasteiger partial charge on any atom is -0.489 e. The van der Waals surface area contributed by atoms with Crippen LogP contribution in [0.25, 0.3) is 11.0 Å². The van der Waals surface area contributed by atoms with Gasteiger partial charge in [0.2, 0.25) is 0 Å². The fraction of sp³-hybridized carbons (Fsp3) is 0.154. The Morgan fingerprint density at radius 2 is 1.75 bits per heavy atom. The van der Waals surface area contributed by atoms with Crippen molar-refractivity contribution in [3.8, 4) is 5.75 Å². The number of amides is 1. The first-order valence-corrected chi connectivity index (χ1v) is 10.9. The molecule has 1 amide bonds. The highest BCUT2D eigenvalue weighted by Crippen LogP contribution is 2.20. The average molecular weight is 445 g/mol.